The van der Waals surface area contributed by atoms with Crippen molar-refractivity contribution in [3.05, 3.63) is 0 Å². The van der Waals surface area contributed by atoms with Gasteiger partial charge in [0, 0.05) is 26.2 Å². The van der Waals surface area contributed by atoms with Crippen LogP contribution in [0.15, 0.2) is 0 Å². The Morgan fingerprint density at radius 3 is 2.47 bits per heavy atom. The second-order valence-corrected chi connectivity index (χ2v) is 3.99. The van der Waals surface area contributed by atoms with Crippen molar-refractivity contribution < 1.29 is 14.7 Å². The molecule has 0 radical (unpaired) electrons. The number of piperazine rings is 1. The average Bonchev–Trinajstić information content (AvgIpc) is 2.28. The van der Waals surface area contributed by atoms with Gasteiger partial charge >= 0.3 is 12.0 Å². The minimum atomic E-state index is -0.844. The predicted molar refractivity (Wildman–Crippen MR) is 62.5 cm³/mol. The third-order valence-electron chi connectivity index (χ3n) is 2.61. The molecule has 1 heterocycles. The number of hydrogen-bond acceptors (Lipinski definition) is 3. The van der Waals surface area contributed by atoms with Gasteiger partial charge in [0.2, 0.25) is 0 Å². The maximum atomic E-state index is 11.7. The highest BCUT2D eigenvalue weighted by Gasteiger charge is 2.22. The molecule has 1 saturated heterocycles. The van der Waals surface area contributed by atoms with E-state index in [1.54, 1.807) is 16.7 Å². The van der Waals surface area contributed by atoms with Crippen LogP contribution in [0.1, 0.15) is 6.92 Å². The van der Waals surface area contributed by atoms with Gasteiger partial charge in [0.1, 0.15) is 0 Å². The number of rotatable bonds is 3. The fraction of sp³-hybridized carbons (Fsp3) is 0.636. The molecule has 0 aromatic heterocycles. The first kappa shape index (κ1) is 13.3. The average molecular weight is 239 g/mol. The second kappa shape index (κ2) is 6.11. The van der Waals surface area contributed by atoms with Crippen molar-refractivity contribution in [3.8, 4) is 12.3 Å². The van der Waals surface area contributed by atoms with Gasteiger partial charge in [0.05, 0.1) is 12.6 Å². The SMILES string of the molecule is C#CC(C)NC(=O)N1CCN(CC(=O)O)CC1. The first-order valence-electron chi connectivity index (χ1n) is 5.48. The normalized spacial score (nSPS) is 18.2. The zero-order valence-corrected chi connectivity index (χ0v) is 9.85. The minimum absolute atomic E-state index is 0.0240. The summed E-state index contributed by atoms with van der Waals surface area (Å²) in [6, 6.07) is -0.482. The van der Waals surface area contributed by atoms with E-state index in [2.05, 4.69) is 11.2 Å². The molecule has 0 aromatic carbocycles. The highest BCUT2D eigenvalue weighted by Crippen LogP contribution is 2.02. The van der Waals surface area contributed by atoms with Gasteiger partial charge < -0.3 is 15.3 Å². The maximum absolute atomic E-state index is 11.7. The first-order valence-corrected chi connectivity index (χ1v) is 5.48. The Kier molecular flexibility index (Phi) is 4.79. The number of carbonyl (C=O) groups is 2. The number of aliphatic carboxylic acids is 1. The number of carbonyl (C=O) groups excluding carboxylic acids is 1. The molecule has 1 fully saturated rings. The molecule has 0 bridgehead atoms. The van der Waals surface area contributed by atoms with Crippen LogP contribution in [0.5, 0.6) is 0 Å². The number of urea groups is 1. The molecular weight excluding hydrogens is 222 g/mol. The number of carboxylic acids is 1. The van der Waals surface area contributed by atoms with E-state index in [1.807, 2.05) is 0 Å². The van der Waals surface area contributed by atoms with Gasteiger partial charge in [-0.1, -0.05) is 5.92 Å². The van der Waals surface area contributed by atoms with Gasteiger partial charge in [-0.3, -0.25) is 9.69 Å². The van der Waals surface area contributed by atoms with Crippen LogP contribution in [0.25, 0.3) is 0 Å². The molecule has 0 saturated carbocycles. The lowest BCUT2D eigenvalue weighted by Crippen LogP contribution is -2.53. The molecule has 1 rings (SSSR count). The number of nitrogens with zero attached hydrogens (tertiary/aromatic N) is 2. The molecule has 94 valence electrons. The summed E-state index contributed by atoms with van der Waals surface area (Å²) in [5.74, 6) is 1.58. The Morgan fingerprint density at radius 1 is 1.41 bits per heavy atom. The van der Waals surface area contributed by atoms with Crippen LogP contribution in [-0.4, -0.2) is 65.7 Å². The Balaban J connectivity index is 2.34. The van der Waals surface area contributed by atoms with Crippen molar-refractivity contribution in [3.63, 3.8) is 0 Å². The number of nitrogens with one attached hydrogen (secondary N) is 1. The summed E-state index contributed by atoms with van der Waals surface area (Å²) in [6.07, 6.45) is 5.17. The lowest BCUT2D eigenvalue weighted by molar-refractivity contribution is -0.138. The summed E-state index contributed by atoms with van der Waals surface area (Å²) in [5, 5.41) is 11.3. The maximum Gasteiger partial charge on any atom is 0.318 e. The van der Waals surface area contributed by atoms with Crippen molar-refractivity contribution in [2.45, 2.75) is 13.0 Å². The number of amides is 2. The van der Waals surface area contributed by atoms with Gasteiger partial charge in [-0.15, -0.1) is 6.42 Å². The Morgan fingerprint density at radius 2 is 2.00 bits per heavy atom. The molecule has 1 atom stereocenters. The molecule has 2 N–H and O–H groups in total. The Labute approximate surface area is 101 Å². The molecule has 17 heavy (non-hydrogen) atoms. The van der Waals surface area contributed by atoms with Crippen molar-refractivity contribution in [1.82, 2.24) is 15.1 Å². The Hall–Kier alpha value is -1.74. The van der Waals surface area contributed by atoms with Gasteiger partial charge in [0.25, 0.3) is 0 Å². The lowest BCUT2D eigenvalue weighted by Gasteiger charge is -2.34. The topological polar surface area (TPSA) is 72.9 Å². The van der Waals surface area contributed by atoms with E-state index in [1.165, 1.54) is 0 Å². The lowest BCUT2D eigenvalue weighted by atomic mass is 10.3. The van der Waals surface area contributed by atoms with Crippen LogP contribution in [-0.2, 0) is 4.79 Å². The van der Waals surface area contributed by atoms with E-state index in [-0.39, 0.29) is 18.6 Å². The van der Waals surface area contributed by atoms with E-state index in [9.17, 15) is 9.59 Å². The van der Waals surface area contributed by atoms with Gasteiger partial charge in [0.15, 0.2) is 0 Å². The third-order valence-corrected chi connectivity index (χ3v) is 2.61. The zero-order valence-electron chi connectivity index (χ0n) is 9.85. The van der Waals surface area contributed by atoms with Crippen molar-refractivity contribution in [2.24, 2.45) is 0 Å². The summed E-state index contributed by atoms with van der Waals surface area (Å²) in [4.78, 5) is 25.6. The molecule has 1 unspecified atom stereocenters. The summed E-state index contributed by atoms with van der Waals surface area (Å²) in [5.41, 5.74) is 0. The molecule has 6 nitrogen and oxygen atoms in total. The molecule has 1 aliphatic rings. The smallest absolute Gasteiger partial charge is 0.318 e. The quantitative estimate of drug-likeness (QED) is 0.646. The second-order valence-electron chi connectivity index (χ2n) is 3.99. The van der Waals surface area contributed by atoms with Crippen molar-refractivity contribution in [1.29, 1.82) is 0 Å². The van der Waals surface area contributed by atoms with Gasteiger partial charge in [-0.05, 0) is 6.92 Å². The van der Waals surface area contributed by atoms with E-state index in [0.717, 1.165) is 0 Å². The molecule has 2 amide bonds. The monoisotopic (exact) mass is 239 g/mol. The van der Waals surface area contributed by atoms with Crippen LogP contribution in [0, 0.1) is 12.3 Å². The van der Waals surface area contributed by atoms with Crippen LogP contribution >= 0.6 is 0 Å². The molecule has 0 aromatic rings. The Bertz CT molecular complexity index is 329. The van der Waals surface area contributed by atoms with Gasteiger partial charge in [-0.2, -0.15) is 0 Å². The molecule has 0 aliphatic carbocycles. The number of carboxylic acid groups (broad SMARTS) is 1. The molecule has 6 heteroatoms. The van der Waals surface area contributed by atoms with Crippen LogP contribution in [0.4, 0.5) is 4.79 Å². The van der Waals surface area contributed by atoms with E-state index in [0.29, 0.717) is 26.2 Å². The van der Waals surface area contributed by atoms with Crippen LogP contribution < -0.4 is 5.32 Å². The fourth-order valence-electron chi connectivity index (χ4n) is 1.62. The number of hydrogen-bond donors (Lipinski definition) is 2. The highest BCUT2D eigenvalue weighted by atomic mass is 16.4. The van der Waals surface area contributed by atoms with E-state index < -0.39 is 5.97 Å². The number of terminal acetylenes is 1. The standard InChI is InChI=1S/C11H17N3O3/c1-3-9(2)12-11(17)14-6-4-13(5-7-14)8-10(15)16/h1,9H,4-8H2,2H3,(H,12,17)(H,15,16). The van der Waals surface area contributed by atoms with Crippen molar-refractivity contribution in [2.75, 3.05) is 32.7 Å². The summed E-state index contributed by atoms with van der Waals surface area (Å²) >= 11 is 0. The molecule has 1 aliphatic heterocycles. The third kappa shape index (κ3) is 4.33. The highest BCUT2D eigenvalue weighted by molar-refractivity contribution is 5.75. The predicted octanol–water partition coefficient (Wildman–Crippen LogP) is -0.580. The molecule has 0 spiro atoms. The van der Waals surface area contributed by atoms with Crippen LogP contribution in [0.3, 0.4) is 0 Å². The summed E-state index contributed by atoms with van der Waals surface area (Å²) < 4.78 is 0. The van der Waals surface area contributed by atoms with E-state index >= 15 is 0 Å². The summed E-state index contributed by atoms with van der Waals surface area (Å²) in [6.45, 7) is 3.95. The van der Waals surface area contributed by atoms with E-state index in [4.69, 9.17) is 11.5 Å². The largest absolute Gasteiger partial charge is 0.480 e. The zero-order chi connectivity index (χ0) is 12.8. The first-order chi connectivity index (χ1) is 8.02. The fourth-order valence-corrected chi connectivity index (χ4v) is 1.62. The van der Waals surface area contributed by atoms with Gasteiger partial charge in [-0.25, -0.2) is 4.79 Å². The van der Waals surface area contributed by atoms with Crippen LogP contribution in [0.2, 0.25) is 0 Å². The van der Waals surface area contributed by atoms with Crippen molar-refractivity contribution >= 4 is 12.0 Å². The molecular formula is C11H17N3O3. The summed E-state index contributed by atoms with van der Waals surface area (Å²) in [7, 11) is 0. The minimum Gasteiger partial charge on any atom is -0.480 e.